The van der Waals surface area contributed by atoms with E-state index in [0.717, 1.165) is 51.7 Å². The van der Waals surface area contributed by atoms with Gasteiger partial charge in [-0.05, 0) is 55.9 Å². The highest BCUT2D eigenvalue weighted by Gasteiger charge is 2.18. The van der Waals surface area contributed by atoms with Crippen LogP contribution in [0.4, 0.5) is 5.69 Å². The molecule has 3 nitrogen and oxygen atoms in total. The monoisotopic (exact) mass is 484 g/mol. The summed E-state index contributed by atoms with van der Waals surface area (Å²) in [6.45, 7) is 1.00. The summed E-state index contributed by atoms with van der Waals surface area (Å²) in [4.78, 5) is 18.2. The van der Waals surface area contributed by atoms with Crippen LogP contribution in [0.15, 0.2) is 112 Å². The Labute approximate surface area is 209 Å². The molecule has 170 valence electrons. The summed E-state index contributed by atoms with van der Waals surface area (Å²) < 4.78 is 0. The maximum atomic E-state index is 11.1. The van der Waals surface area contributed by atoms with Gasteiger partial charge in [-0.25, -0.2) is 4.99 Å². The molecule has 1 aliphatic heterocycles. The second-order valence-electron chi connectivity index (χ2n) is 7.75. The molecule has 0 bridgehead atoms. The van der Waals surface area contributed by atoms with Crippen LogP contribution in [0.25, 0.3) is 0 Å². The van der Waals surface area contributed by atoms with Crippen molar-refractivity contribution in [3.05, 3.63) is 124 Å². The zero-order chi connectivity index (χ0) is 23.8. The molecule has 5 heteroatoms. The van der Waals surface area contributed by atoms with Gasteiger partial charge in [-0.1, -0.05) is 90.1 Å². The fourth-order valence-electron chi connectivity index (χ4n) is 3.61. The number of hydrogen-bond acceptors (Lipinski definition) is 4. The molecule has 34 heavy (non-hydrogen) atoms. The molecule has 0 aromatic heterocycles. The zero-order valence-corrected chi connectivity index (χ0v) is 20.4. The Morgan fingerprint density at radius 3 is 2.44 bits per heavy atom. The second-order valence-corrected chi connectivity index (χ2v) is 9.27. The Hall–Kier alpha value is -3.18. The quantitative estimate of drug-likeness (QED) is 0.267. The van der Waals surface area contributed by atoms with Crippen molar-refractivity contribution < 1.29 is 4.79 Å². The summed E-state index contributed by atoms with van der Waals surface area (Å²) in [5.41, 5.74) is 5.90. The number of aldehydes is 1. The second kappa shape index (κ2) is 11.8. The van der Waals surface area contributed by atoms with E-state index in [1.54, 1.807) is 11.8 Å². The van der Waals surface area contributed by atoms with Gasteiger partial charge in [0.2, 0.25) is 0 Å². The van der Waals surface area contributed by atoms with E-state index in [2.05, 4.69) is 35.6 Å². The van der Waals surface area contributed by atoms with Gasteiger partial charge in [0.05, 0.1) is 11.4 Å². The van der Waals surface area contributed by atoms with E-state index in [-0.39, 0.29) is 0 Å². The third-order valence-corrected chi connectivity index (χ3v) is 6.69. The maximum Gasteiger partial charge on any atom is 0.150 e. The molecule has 0 fully saturated rings. The highest BCUT2D eigenvalue weighted by atomic mass is 35.5. The molecule has 0 saturated heterocycles. The van der Waals surface area contributed by atoms with Crippen molar-refractivity contribution in [2.45, 2.75) is 16.2 Å². The number of carbonyl (C=O) groups excluding carboxylic acids is 1. The van der Waals surface area contributed by atoms with Gasteiger partial charge in [0.1, 0.15) is 6.29 Å². The van der Waals surface area contributed by atoms with Gasteiger partial charge in [-0.15, -0.1) is 0 Å². The molecule has 0 radical (unpaired) electrons. The molecule has 4 aromatic rings. The average molecular weight is 485 g/mol. The van der Waals surface area contributed by atoms with Gasteiger partial charge in [0.25, 0.3) is 0 Å². The minimum Gasteiger partial charge on any atom is -0.319 e. The Kier molecular flexibility index (Phi) is 8.31. The summed E-state index contributed by atoms with van der Waals surface area (Å²) in [6.07, 6.45) is 1.90. The molecule has 1 N–H and O–H groups in total. The van der Waals surface area contributed by atoms with E-state index >= 15 is 0 Å². The fourth-order valence-corrected chi connectivity index (χ4v) is 4.83. The van der Waals surface area contributed by atoms with Crippen molar-refractivity contribution in [1.82, 2.24) is 5.32 Å². The van der Waals surface area contributed by atoms with Gasteiger partial charge >= 0.3 is 0 Å². The van der Waals surface area contributed by atoms with Crippen molar-refractivity contribution in [2.24, 2.45) is 4.99 Å². The van der Waals surface area contributed by atoms with Crippen LogP contribution in [0, 0.1) is 0 Å². The zero-order valence-electron chi connectivity index (χ0n) is 18.9. The van der Waals surface area contributed by atoms with E-state index in [1.807, 2.05) is 73.8 Å². The summed E-state index contributed by atoms with van der Waals surface area (Å²) in [7, 11) is 1.95. The predicted octanol–water partition coefficient (Wildman–Crippen LogP) is 7.23. The predicted molar refractivity (Wildman–Crippen MR) is 143 cm³/mol. The Morgan fingerprint density at radius 1 is 0.882 bits per heavy atom. The molecule has 0 aliphatic carbocycles. The van der Waals surface area contributed by atoms with E-state index < -0.39 is 0 Å². The third kappa shape index (κ3) is 6.03. The van der Waals surface area contributed by atoms with Crippen molar-refractivity contribution in [3.63, 3.8) is 0 Å². The largest absolute Gasteiger partial charge is 0.319 e. The lowest BCUT2D eigenvalue weighted by atomic mass is 10.0. The van der Waals surface area contributed by atoms with Crippen molar-refractivity contribution in [3.8, 4) is 0 Å². The van der Waals surface area contributed by atoms with Crippen molar-refractivity contribution in [2.75, 3.05) is 13.6 Å². The number of rotatable bonds is 5. The topological polar surface area (TPSA) is 41.5 Å². The smallest absolute Gasteiger partial charge is 0.150 e. The Bertz CT molecular complexity index is 1300. The average Bonchev–Trinajstić information content (AvgIpc) is 3.05. The van der Waals surface area contributed by atoms with Gasteiger partial charge in [0.15, 0.2) is 0 Å². The van der Waals surface area contributed by atoms with E-state index in [4.69, 9.17) is 16.6 Å². The lowest BCUT2D eigenvalue weighted by Gasteiger charge is -2.08. The van der Waals surface area contributed by atoms with Gasteiger partial charge in [0, 0.05) is 31.5 Å². The number of benzene rings is 4. The normalized spacial score (nSPS) is 11.8. The maximum absolute atomic E-state index is 11.1. The lowest BCUT2D eigenvalue weighted by molar-refractivity contribution is 0.112. The van der Waals surface area contributed by atoms with Gasteiger partial charge in [-0.2, -0.15) is 0 Å². The summed E-state index contributed by atoms with van der Waals surface area (Å²) in [5.74, 6) is 0. The molecule has 5 rings (SSSR count). The third-order valence-electron chi connectivity index (χ3n) is 5.31. The molecule has 0 spiro atoms. The minimum absolute atomic E-state index is 0.645. The Morgan fingerprint density at radius 2 is 1.68 bits per heavy atom. The lowest BCUT2D eigenvalue weighted by Crippen LogP contribution is -2.10. The number of aliphatic imine (C=N–C) groups is 1. The molecule has 1 aliphatic rings. The van der Waals surface area contributed by atoms with Crippen LogP contribution in [0.2, 0.25) is 5.02 Å². The summed E-state index contributed by atoms with van der Waals surface area (Å²) >= 11 is 7.49. The summed E-state index contributed by atoms with van der Waals surface area (Å²) in [6, 6.07) is 32.1. The Balaban J connectivity index is 0.000000210. The minimum atomic E-state index is 0.645. The molecule has 4 aromatic carbocycles. The first kappa shape index (κ1) is 24.0. The van der Waals surface area contributed by atoms with Crippen molar-refractivity contribution >= 4 is 41.0 Å². The first-order valence-electron chi connectivity index (χ1n) is 11.1. The standard InChI is InChI=1S/C20H13NOS.C9H12ClN/c22-13-14-10-11-19-17(12-14)21-20(15-6-2-1-3-7-15)16-8-4-5-9-18(16)23-19;1-11-6-5-8-3-2-4-9(10)7-8/h1-13H;2-4,7,11H,5-6H2,1H3. The van der Waals surface area contributed by atoms with Crippen LogP contribution in [-0.2, 0) is 6.42 Å². The number of nitrogens with one attached hydrogen (secondary N) is 1. The van der Waals surface area contributed by atoms with Crippen LogP contribution >= 0.6 is 23.4 Å². The number of halogens is 1. The molecule has 0 saturated carbocycles. The van der Waals surface area contributed by atoms with Crippen LogP contribution in [-0.4, -0.2) is 25.6 Å². The fraction of sp³-hybridized carbons (Fsp3) is 0.103. The van der Waals surface area contributed by atoms with E-state index in [1.165, 1.54) is 10.5 Å². The molecule has 1 heterocycles. The van der Waals surface area contributed by atoms with E-state index in [9.17, 15) is 4.79 Å². The number of nitrogens with zero attached hydrogens (tertiary/aromatic N) is 1. The highest BCUT2D eigenvalue weighted by molar-refractivity contribution is 7.99. The van der Waals surface area contributed by atoms with Gasteiger partial charge < -0.3 is 5.32 Å². The SMILES string of the molecule is CNCCc1cccc(Cl)c1.O=Cc1ccc2c(c1)N=C(c1ccccc1)c1ccccc1S2. The first-order chi connectivity index (χ1) is 16.7. The molecule has 0 unspecified atom stereocenters. The molecular weight excluding hydrogens is 460 g/mol. The van der Waals surface area contributed by atoms with Crippen LogP contribution in [0.1, 0.15) is 27.0 Å². The first-order valence-corrected chi connectivity index (χ1v) is 12.3. The van der Waals surface area contributed by atoms with Gasteiger partial charge in [-0.3, -0.25) is 4.79 Å². The number of likely N-dealkylation sites (N-methyl/N-ethyl adjacent to an activating group) is 1. The number of carbonyl (C=O) groups is 1. The van der Waals surface area contributed by atoms with Crippen LogP contribution in [0.3, 0.4) is 0 Å². The summed E-state index contributed by atoms with van der Waals surface area (Å²) in [5, 5.41) is 3.91. The molecule has 0 atom stereocenters. The van der Waals surface area contributed by atoms with Crippen molar-refractivity contribution in [1.29, 1.82) is 0 Å². The molecular formula is C29H25ClN2OS. The van der Waals surface area contributed by atoms with E-state index in [0.29, 0.717) is 5.56 Å². The van der Waals surface area contributed by atoms with Crippen LogP contribution < -0.4 is 5.32 Å². The highest BCUT2D eigenvalue weighted by Crippen LogP contribution is 2.41. The number of hydrogen-bond donors (Lipinski definition) is 1. The molecule has 0 amide bonds. The van der Waals surface area contributed by atoms with Crippen LogP contribution in [0.5, 0.6) is 0 Å². The number of fused-ring (bicyclic) bond motifs is 2.